The standard InChI is InChI=1S/C15H16O3/c1-9-5-13(8-17-9)15(16)11-3-4-14-12(7-11)6-10(2)18-14/h3-5,7-8,10,15-16H,6H2,1-2H3. The summed E-state index contributed by atoms with van der Waals surface area (Å²) in [5.74, 6) is 1.74. The lowest BCUT2D eigenvalue weighted by Gasteiger charge is -2.10. The van der Waals surface area contributed by atoms with E-state index in [1.54, 1.807) is 6.26 Å². The van der Waals surface area contributed by atoms with Crippen molar-refractivity contribution >= 4 is 0 Å². The minimum absolute atomic E-state index is 0.226. The number of furan rings is 1. The van der Waals surface area contributed by atoms with Crippen LogP contribution in [-0.4, -0.2) is 11.2 Å². The zero-order valence-electron chi connectivity index (χ0n) is 10.5. The van der Waals surface area contributed by atoms with E-state index in [1.165, 1.54) is 5.56 Å². The van der Waals surface area contributed by atoms with Crippen molar-refractivity contribution in [3.05, 3.63) is 53.0 Å². The summed E-state index contributed by atoms with van der Waals surface area (Å²) < 4.78 is 10.9. The second-order valence-corrected chi connectivity index (χ2v) is 4.89. The molecular formula is C15H16O3. The van der Waals surface area contributed by atoms with Crippen LogP contribution in [0.3, 0.4) is 0 Å². The lowest BCUT2D eigenvalue weighted by Crippen LogP contribution is -2.05. The van der Waals surface area contributed by atoms with Gasteiger partial charge < -0.3 is 14.3 Å². The van der Waals surface area contributed by atoms with Crippen molar-refractivity contribution in [3.63, 3.8) is 0 Å². The van der Waals surface area contributed by atoms with Crippen molar-refractivity contribution < 1.29 is 14.3 Å². The van der Waals surface area contributed by atoms with Crippen LogP contribution < -0.4 is 4.74 Å². The fourth-order valence-corrected chi connectivity index (χ4v) is 2.41. The number of aryl methyl sites for hydroxylation is 1. The van der Waals surface area contributed by atoms with Crippen molar-refractivity contribution in [2.24, 2.45) is 0 Å². The molecule has 3 nitrogen and oxygen atoms in total. The largest absolute Gasteiger partial charge is 0.490 e. The molecule has 94 valence electrons. The van der Waals surface area contributed by atoms with Crippen LogP contribution in [-0.2, 0) is 6.42 Å². The molecule has 3 heteroatoms. The highest BCUT2D eigenvalue weighted by atomic mass is 16.5. The van der Waals surface area contributed by atoms with Gasteiger partial charge in [-0.1, -0.05) is 6.07 Å². The van der Waals surface area contributed by atoms with Crippen molar-refractivity contribution in [3.8, 4) is 5.75 Å². The molecule has 3 rings (SSSR count). The number of hydrogen-bond donors (Lipinski definition) is 1. The topological polar surface area (TPSA) is 42.6 Å². The lowest BCUT2D eigenvalue weighted by molar-refractivity contribution is 0.219. The molecule has 18 heavy (non-hydrogen) atoms. The van der Waals surface area contributed by atoms with Crippen molar-refractivity contribution in [2.75, 3.05) is 0 Å². The normalized spacial score (nSPS) is 19.4. The molecule has 1 aromatic heterocycles. The second-order valence-electron chi connectivity index (χ2n) is 4.89. The zero-order valence-corrected chi connectivity index (χ0v) is 10.5. The molecule has 0 radical (unpaired) electrons. The molecule has 0 bridgehead atoms. The quantitative estimate of drug-likeness (QED) is 0.883. The Kier molecular flexibility index (Phi) is 2.63. The first kappa shape index (κ1) is 11.4. The van der Waals surface area contributed by atoms with Gasteiger partial charge in [-0.05, 0) is 43.2 Å². The molecule has 2 unspecified atom stereocenters. The minimum Gasteiger partial charge on any atom is -0.490 e. The first-order valence-electron chi connectivity index (χ1n) is 6.16. The van der Waals surface area contributed by atoms with Crippen LogP contribution in [0, 0.1) is 6.92 Å². The minimum atomic E-state index is -0.636. The molecule has 0 fully saturated rings. The van der Waals surface area contributed by atoms with Gasteiger partial charge in [-0.15, -0.1) is 0 Å². The molecule has 2 aromatic rings. The summed E-state index contributed by atoms with van der Waals surface area (Å²) in [7, 11) is 0. The molecule has 2 atom stereocenters. The summed E-state index contributed by atoms with van der Waals surface area (Å²) >= 11 is 0. The highest BCUT2D eigenvalue weighted by Gasteiger charge is 2.21. The lowest BCUT2D eigenvalue weighted by atomic mass is 10.00. The molecule has 1 N–H and O–H groups in total. The van der Waals surface area contributed by atoms with E-state index in [2.05, 4.69) is 6.92 Å². The Morgan fingerprint density at radius 3 is 2.83 bits per heavy atom. The molecular weight excluding hydrogens is 228 g/mol. The van der Waals surface area contributed by atoms with Crippen molar-refractivity contribution in [2.45, 2.75) is 32.5 Å². The first-order valence-corrected chi connectivity index (χ1v) is 6.16. The number of ether oxygens (including phenoxy) is 1. The van der Waals surface area contributed by atoms with Gasteiger partial charge in [0.2, 0.25) is 0 Å². The molecule has 0 spiro atoms. The van der Waals surface area contributed by atoms with E-state index in [9.17, 15) is 5.11 Å². The summed E-state index contributed by atoms with van der Waals surface area (Å²) in [6, 6.07) is 7.72. The van der Waals surface area contributed by atoms with Gasteiger partial charge in [0.25, 0.3) is 0 Å². The Balaban J connectivity index is 1.91. The number of fused-ring (bicyclic) bond motifs is 1. The summed E-state index contributed by atoms with van der Waals surface area (Å²) in [4.78, 5) is 0. The highest BCUT2D eigenvalue weighted by Crippen LogP contribution is 2.33. The van der Waals surface area contributed by atoms with Crippen LogP contribution in [0.2, 0.25) is 0 Å². The van der Waals surface area contributed by atoms with Crippen LogP contribution in [0.15, 0.2) is 34.9 Å². The number of aliphatic hydroxyl groups excluding tert-OH is 1. The van der Waals surface area contributed by atoms with E-state index in [1.807, 2.05) is 31.2 Å². The smallest absolute Gasteiger partial charge is 0.123 e. The maximum atomic E-state index is 10.3. The molecule has 1 aliphatic heterocycles. The van der Waals surface area contributed by atoms with Crippen molar-refractivity contribution in [1.29, 1.82) is 0 Å². The monoisotopic (exact) mass is 244 g/mol. The van der Waals surface area contributed by atoms with Crippen molar-refractivity contribution in [1.82, 2.24) is 0 Å². The SMILES string of the molecule is Cc1cc(C(O)c2ccc3c(c2)CC(C)O3)co1. The van der Waals surface area contributed by atoms with Crippen LogP contribution in [0.1, 0.15) is 35.5 Å². The van der Waals surface area contributed by atoms with Gasteiger partial charge >= 0.3 is 0 Å². The number of rotatable bonds is 2. The molecule has 1 aromatic carbocycles. The zero-order chi connectivity index (χ0) is 12.7. The highest BCUT2D eigenvalue weighted by molar-refractivity contribution is 5.43. The predicted octanol–water partition coefficient (Wildman–Crippen LogP) is 2.99. The molecule has 0 saturated carbocycles. The van der Waals surface area contributed by atoms with E-state index in [0.717, 1.165) is 29.1 Å². The van der Waals surface area contributed by atoms with E-state index in [-0.39, 0.29) is 6.10 Å². The Bertz CT molecular complexity index is 571. The fourth-order valence-electron chi connectivity index (χ4n) is 2.41. The van der Waals surface area contributed by atoms with Gasteiger partial charge in [0.15, 0.2) is 0 Å². The second kappa shape index (κ2) is 4.18. The Morgan fingerprint density at radius 2 is 2.11 bits per heavy atom. The summed E-state index contributed by atoms with van der Waals surface area (Å²) in [6.45, 7) is 3.92. The van der Waals surface area contributed by atoms with E-state index in [4.69, 9.17) is 9.15 Å². The Hall–Kier alpha value is -1.74. The molecule has 0 amide bonds. The van der Waals surface area contributed by atoms with Crippen LogP contribution in [0.25, 0.3) is 0 Å². The number of aliphatic hydroxyl groups is 1. The number of benzene rings is 1. The van der Waals surface area contributed by atoms with Gasteiger partial charge in [0, 0.05) is 12.0 Å². The summed E-state index contributed by atoms with van der Waals surface area (Å²) in [5, 5.41) is 10.3. The molecule has 1 aliphatic rings. The van der Waals surface area contributed by atoms with Gasteiger partial charge in [-0.3, -0.25) is 0 Å². The predicted molar refractivity (Wildman–Crippen MR) is 67.7 cm³/mol. The summed E-state index contributed by atoms with van der Waals surface area (Å²) in [5.41, 5.74) is 2.84. The van der Waals surface area contributed by atoms with Gasteiger partial charge in [0.05, 0.1) is 6.26 Å². The van der Waals surface area contributed by atoms with E-state index >= 15 is 0 Å². The van der Waals surface area contributed by atoms with Crippen LogP contribution in [0.5, 0.6) is 5.75 Å². The van der Waals surface area contributed by atoms with Gasteiger partial charge in [-0.2, -0.15) is 0 Å². The summed E-state index contributed by atoms with van der Waals surface area (Å²) in [6.07, 6.45) is 2.10. The molecule has 0 saturated heterocycles. The Morgan fingerprint density at radius 1 is 1.28 bits per heavy atom. The third-order valence-electron chi connectivity index (χ3n) is 3.30. The maximum absolute atomic E-state index is 10.3. The molecule has 2 heterocycles. The van der Waals surface area contributed by atoms with Crippen LogP contribution in [0.4, 0.5) is 0 Å². The number of hydrogen-bond acceptors (Lipinski definition) is 3. The molecule has 0 aliphatic carbocycles. The average Bonchev–Trinajstić information content (AvgIpc) is 2.92. The average molecular weight is 244 g/mol. The van der Waals surface area contributed by atoms with Gasteiger partial charge in [0.1, 0.15) is 23.7 Å². The third-order valence-corrected chi connectivity index (χ3v) is 3.30. The van der Waals surface area contributed by atoms with E-state index < -0.39 is 6.10 Å². The van der Waals surface area contributed by atoms with E-state index in [0.29, 0.717) is 0 Å². The Labute approximate surface area is 106 Å². The van der Waals surface area contributed by atoms with Gasteiger partial charge in [-0.25, -0.2) is 0 Å². The fraction of sp³-hybridized carbons (Fsp3) is 0.333. The third kappa shape index (κ3) is 1.91. The maximum Gasteiger partial charge on any atom is 0.123 e. The first-order chi connectivity index (χ1) is 8.63. The van der Waals surface area contributed by atoms with Crippen LogP contribution >= 0.6 is 0 Å².